The van der Waals surface area contributed by atoms with E-state index in [1.165, 1.54) is 0 Å². The number of anilines is 2. The van der Waals surface area contributed by atoms with Gasteiger partial charge in [0, 0.05) is 30.2 Å². The first-order chi connectivity index (χ1) is 14.2. The van der Waals surface area contributed by atoms with Crippen molar-refractivity contribution >= 4 is 46.1 Å². The first-order valence-electron chi connectivity index (χ1n) is 9.31. The lowest BCUT2D eigenvalue weighted by Gasteiger charge is -2.30. The molecule has 0 unspecified atom stereocenters. The number of carbonyl (C=O) groups excluding carboxylic acids is 1. The predicted octanol–water partition coefficient (Wildman–Crippen LogP) is 3.62. The molecule has 148 valence electrons. The molecule has 1 fully saturated rings. The normalized spacial score (nSPS) is 14.6. The SMILES string of the molecule is O=CNc1cn2cc(-c3c(Cl)c(F)c(N4CCCCC4)c4[nH]ncc34)ncc2n1. The van der Waals surface area contributed by atoms with Crippen LogP contribution in [0.15, 0.2) is 24.8 Å². The molecule has 0 aliphatic carbocycles. The van der Waals surface area contributed by atoms with Gasteiger partial charge in [0.2, 0.25) is 6.41 Å². The Bertz CT molecular complexity index is 1230. The monoisotopic (exact) mass is 413 g/mol. The minimum absolute atomic E-state index is 0.0117. The Kier molecular flexibility index (Phi) is 4.31. The quantitative estimate of drug-likeness (QED) is 0.498. The van der Waals surface area contributed by atoms with E-state index in [-0.39, 0.29) is 5.02 Å². The van der Waals surface area contributed by atoms with E-state index in [0.717, 1.165) is 32.4 Å². The number of H-pyrrole nitrogens is 1. The molecular formula is C19H17ClFN7O. The van der Waals surface area contributed by atoms with Crippen molar-refractivity contribution in [2.45, 2.75) is 19.3 Å². The van der Waals surface area contributed by atoms with E-state index in [9.17, 15) is 4.79 Å². The summed E-state index contributed by atoms with van der Waals surface area (Å²) in [4.78, 5) is 21.3. The van der Waals surface area contributed by atoms with Gasteiger partial charge in [0.25, 0.3) is 0 Å². The number of rotatable bonds is 4. The third-order valence-corrected chi connectivity index (χ3v) is 5.60. The van der Waals surface area contributed by atoms with Crippen LogP contribution in [0.4, 0.5) is 15.9 Å². The maximum atomic E-state index is 15.4. The van der Waals surface area contributed by atoms with E-state index < -0.39 is 5.82 Å². The zero-order chi connectivity index (χ0) is 20.0. The summed E-state index contributed by atoms with van der Waals surface area (Å²) in [5, 5.41) is 10.3. The Labute approximate surface area is 169 Å². The van der Waals surface area contributed by atoms with Crippen molar-refractivity contribution in [1.82, 2.24) is 24.6 Å². The Morgan fingerprint density at radius 1 is 1.21 bits per heavy atom. The lowest BCUT2D eigenvalue weighted by molar-refractivity contribution is -0.105. The highest BCUT2D eigenvalue weighted by Gasteiger charge is 2.26. The number of imidazole rings is 1. The van der Waals surface area contributed by atoms with Gasteiger partial charge in [-0.15, -0.1) is 0 Å². The first-order valence-corrected chi connectivity index (χ1v) is 9.69. The number of fused-ring (bicyclic) bond motifs is 2. The summed E-state index contributed by atoms with van der Waals surface area (Å²) >= 11 is 6.53. The number of carbonyl (C=O) groups is 1. The maximum absolute atomic E-state index is 15.4. The van der Waals surface area contributed by atoms with Gasteiger partial charge >= 0.3 is 0 Å². The number of amides is 1. The molecule has 1 aliphatic heterocycles. The molecule has 10 heteroatoms. The van der Waals surface area contributed by atoms with Crippen LogP contribution in [0.1, 0.15) is 19.3 Å². The third-order valence-electron chi connectivity index (χ3n) is 5.24. The molecule has 1 amide bonds. The molecule has 3 aromatic heterocycles. The van der Waals surface area contributed by atoms with Gasteiger partial charge in [-0.25, -0.2) is 9.37 Å². The van der Waals surface area contributed by atoms with Gasteiger partial charge in [-0.3, -0.25) is 14.9 Å². The van der Waals surface area contributed by atoms with E-state index in [1.54, 1.807) is 29.2 Å². The van der Waals surface area contributed by atoms with Crippen LogP contribution < -0.4 is 10.2 Å². The molecule has 8 nitrogen and oxygen atoms in total. The number of aromatic amines is 1. The Hall–Kier alpha value is -3.20. The van der Waals surface area contributed by atoms with Crippen LogP contribution in [-0.4, -0.2) is 44.1 Å². The van der Waals surface area contributed by atoms with E-state index >= 15 is 4.39 Å². The Balaban J connectivity index is 1.69. The van der Waals surface area contributed by atoms with Crippen LogP contribution in [-0.2, 0) is 4.79 Å². The number of hydrogen-bond donors (Lipinski definition) is 2. The second-order valence-electron chi connectivity index (χ2n) is 6.98. The summed E-state index contributed by atoms with van der Waals surface area (Å²) in [5.74, 6) is -0.0821. The van der Waals surface area contributed by atoms with Gasteiger partial charge in [-0.05, 0) is 19.3 Å². The van der Waals surface area contributed by atoms with Crippen LogP contribution in [0, 0.1) is 5.82 Å². The van der Waals surface area contributed by atoms with Gasteiger partial charge < -0.3 is 14.6 Å². The molecule has 0 atom stereocenters. The molecule has 0 bridgehead atoms. The van der Waals surface area contributed by atoms with Gasteiger partial charge in [-0.2, -0.15) is 5.10 Å². The molecule has 1 aromatic carbocycles. The van der Waals surface area contributed by atoms with Crippen molar-refractivity contribution in [3.8, 4) is 11.3 Å². The summed E-state index contributed by atoms with van der Waals surface area (Å²) < 4.78 is 17.1. The van der Waals surface area contributed by atoms with Crippen LogP contribution in [0.25, 0.3) is 27.8 Å². The molecule has 1 aliphatic rings. The van der Waals surface area contributed by atoms with Crippen molar-refractivity contribution in [2.24, 2.45) is 0 Å². The molecule has 1 saturated heterocycles. The fraction of sp³-hybridized carbons (Fsp3) is 0.263. The largest absolute Gasteiger partial charge is 0.367 e. The highest BCUT2D eigenvalue weighted by molar-refractivity contribution is 6.35. The fourth-order valence-electron chi connectivity index (χ4n) is 3.92. The summed E-state index contributed by atoms with van der Waals surface area (Å²) in [5.41, 5.74) is 2.57. The van der Waals surface area contributed by atoms with Crippen LogP contribution in [0.2, 0.25) is 5.02 Å². The third kappa shape index (κ3) is 2.89. The fourth-order valence-corrected chi connectivity index (χ4v) is 4.21. The summed E-state index contributed by atoms with van der Waals surface area (Å²) in [6.45, 7) is 1.57. The standard InChI is InChI=1S/C19H17ClFN7O/c20-16-15(12-8-28-9-13(23-10-29)25-14(28)7-22-12)11-6-24-26-18(11)19(17(16)21)27-4-2-1-3-5-27/h6-10H,1-5H2,(H,23,29)(H,24,26). The topological polar surface area (TPSA) is 91.2 Å². The van der Waals surface area contributed by atoms with Crippen LogP contribution in [0.3, 0.4) is 0 Å². The second-order valence-corrected chi connectivity index (χ2v) is 7.36. The number of halogens is 2. The van der Waals surface area contributed by atoms with Crippen molar-refractivity contribution < 1.29 is 9.18 Å². The lowest BCUT2D eigenvalue weighted by Crippen LogP contribution is -2.30. The molecule has 29 heavy (non-hydrogen) atoms. The number of piperidine rings is 1. The maximum Gasteiger partial charge on any atom is 0.212 e. The predicted molar refractivity (Wildman–Crippen MR) is 109 cm³/mol. The second kappa shape index (κ2) is 7.00. The van der Waals surface area contributed by atoms with Crippen LogP contribution >= 0.6 is 11.6 Å². The highest BCUT2D eigenvalue weighted by Crippen LogP contribution is 2.42. The average molecular weight is 414 g/mol. The van der Waals surface area contributed by atoms with Crippen molar-refractivity contribution in [1.29, 1.82) is 0 Å². The van der Waals surface area contributed by atoms with E-state index in [4.69, 9.17) is 11.6 Å². The minimum atomic E-state index is -0.476. The van der Waals surface area contributed by atoms with E-state index in [1.807, 2.05) is 4.90 Å². The van der Waals surface area contributed by atoms with E-state index in [2.05, 4.69) is 25.5 Å². The minimum Gasteiger partial charge on any atom is -0.367 e. The van der Waals surface area contributed by atoms with Gasteiger partial charge in [0.1, 0.15) is 5.69 Å². The Morgan fingerprint density at radius 3 is 2.83 bits per heavy atom. The molecular weight excluding hydrogens is 397 g/mol. The van der Waals surface area contributed by atoms with Crippen molar-refractivity contribution in [3.63, 3.8) is 0 Å². The zero-order valence-electron chi connectivity index (χ0n) is 15.3. The van der Waals surface area contributed by atoms with Crippen molar-refractivity contribution in [2.75, 3.05) is 23.3 Å². The van der Waals surface area contributed by atoms with Gasteiger partial charge in [-0.1, -0.05) is 11.6 Å². The summed E-state index contributed by atoms with van der Waals surface area (Å²) in [7, 11) is 0. The first kappa shape index (κ1) is 17.9. The van der Waals surface area contributed by atoms with Crippen molar-refractivity contribution in [3.05, 3.63) is 35.6 Å². The number of nitrogens with one attached hydrogen (secondary N) is 2. The molecule has 5 rings (SSSR count). The van der Waals surface area contributed by atoms with Gasteiger partial charge in [0.15, 0.2) is 17.3 Å². The summed E-state index contributed by atoms with van der Waals surface area (Å²) in [6, 6.07) is 0. The van der Waals surface area contributed by atoms with Crippen LogP contribution in [0.5, 0.6) is 0 Å². The molecule has 0 saturated carbocycles. The molecule has 0 radical (unpaired) electrons. The molecule has 4 heterocycles. The number of aromatic nitrogens is 5. The zero-order valence-corrected chi connectivity index (χ0v) is 16.1. The van der Waals surface area contributed by atoms with Gasteiger partial charge in [0.05, 0.1) is 34.8 Å². The molecule has 2 N–H and O–H groups in total. The number of nitrogens with zero attached hydrogens (tertiary/aromatic N) is 5. The highest BCUT2D eigenvalue weighted by atomic mass is 35.5. The lowest BCUT2D eigenvalue weighted by atomic mass is 10.0. The smallest absolute Gasteiger partial charge is 0.212 e. The molecule has 0 spiro atoms. The van der Waals surface area contributed by atoms with E-state index in [0.29, 0.717) is 45.7 Å². The molecule has 4 aromatic rings. The Morgan fingerprint density at radius 2 is 2.03 bits per heavy atom. The number of hydrogen-bond acceptors (Lipinski definition) is 5. The number of benzene rings is 1. The average Bonchev–Trinajstić information content (AvgIpc) is 3.36. The summed E-state index contributed by atoms with van der Waals surface area (Å²) in [6.07, 6.45) is 10.3.